The number of nitroso groups, excluding NO2 is 1. The predicted octanol–water partition coefficient (Wildman–Crippen LogP) is 6.08. The Morgan fingerprint density at radius 2 is 2.08 bits per heavy atom. The van der Waals surface area contributed by atoms with E-state index in [0.29, 0.717) is 4.28 Å². The third-order valence-corrected chi connectivity index (χ3v) is 12.3. The smallest absolute Gasteiger partial charge is 0.211 e. The molecule has 3 fully saturated rings. The van der Waals surface area contributed by atoms with Crippen LogP contribution in [0.1, 0.15) is 69.4 Å². The zero-order valence-electron chi connectivity index (χ0n) is 15.7. The second-order valence-corrected chi connectivity index (χ2v) is 12.8. The van der Waals surface area contributed by atoms with Gasteiger partial charge in [-0.2, -0.15) is 4.91 Å². The Bertz CT molecular complexity index is 688. The van der Waals surface area contributed by atoms with Gasteiger partial charge in [0.05, 0.1) is 0 Å². The summed E-state index contributed by atoms with van der Waals surface area (Å²) in [6.07, 6.45) is 9.38. The first kappa shape index (κ1) is 16.5. The number of fused-ring (bicyclic) bond motifs is 4. The molecule has 25 heavy (non-hydrogen) atoms. The maximum atomic E-state index is 11.5. The second-order valence-electron chi connectivity index (χ2n) is 9.81. The van der Waals surface area contributed by atoms with Gasteiger partial charge in [0, 0.05) is 0 Å². The van der Waals surface area contributed by atoms with Gasteiger partial charge in [-0.05, 0) is 64.3 Å². The monoisotopic (exact) mass is 351 g/mol. The van der Waals surface area contributed by atoms with Gasteiger partial charge < -0.3 is 0 Å². The van der Waals surface area contributed by atoms with Crippen molar-refractivity contribution < 1.29 is 0 Å². The molecule has 2 saturated carbocycles. The first-order chi connectivity index (χ1) is 12.2. The van der Waals surface area contributed by atoms with Crippen molar-refractivity contribution in [2.24, 2.45) is 27.8 Å². The molecule has 1 saturated heterocycles. The van der Waals surface area contributed by atoms with E-state index in [-0.39, 0.29) is 0 Å². The Morgan fingerprint density at radius 3 is 2.84 bits per heavy atom. The molecule has 132 valence electrons. The summed E-state index contributed by atoms with van der Waals surface area (Å²) < 4.78 is 4.97. The predicted molar refractivity (Wildman–Crippen MR) is 104 cm³/mol. The summed E-state index contributed by atoms with van der Waals surface area (Å²) >= 11 is -1.33. The minimum Gasteiger partial charge on any atom is -0.211 e. The van der Waals surface area contributed by atoms with Crippen LogP contribution in [0.4, 0.5) is 0 Å². The molecule has 1 heterocycles. The number of nitrogens with zero attached hydrogens (tertiary/aromatic N) is 1. The molecular formula is C22H30AlNO. The number of benzene rings is 1. The van der Waals surface area contributed by atoms with Crippen LogP contribution < -0.4 is 0 Å². The lowest BCUT2D eigenvalue weighted by Crippen LogP contribution is -2.41. The minimum atomic E-state index is -1.33. The molecule has 1 aromatic carbocycles. The van der Waals surface area contributed by atoms with Crippen molar-refractivity contribution in [3.63, 3.8) is 0 Å². The average molecular weight is 351 g/mol. The van der Waals surface area contributed by atoms with E-state index in [2.05, 4.69) is 42.3 Å². The van der Waals surface area contributed by atoms with Crippen molar-refractivity contribution in [3.05, 3.63) is 40.3 Å². The molecule has 0 amide bonds. The van der Waals surface area contributed by atoms with Crippen LogP contribution in [0.15, 0.2) is 28.4 Å². The third-order valence-electron chi connectivity index (χ3n) is 8.52. The van der Waals surface area contributed by atoms with E-state index < -0.39 is 14.4 Å². The third kappa shape index (κ3) is 2.28. The SMILES string of the molecule is CC(C)CCC1Cc2ccccc2C2CC[C]34C(CC[CH]3[Al]4[N]=O)C12. The fourth-order valence-electron chi connectivity index (χ4n) is 7.55. The largest absolute Gasteiger partial charge is 0.517 e. The quantitative estimate of drug-likeness (QED) is 0.477. The average Bonchev–Trinajstić information content (AvgIpc) is 3.06. The van der Waals surface area contributed by atoms with Crippen LogP contribution in [0.25, 0.3) is 0 Å². The highest BCUT2D eigenvalue weighted by Crippen LogP contribution is 2.83. The first-order valence-corrected chi connectivity index (χ1v) is 12.3. The first-order valence-electron chi connectivity index (χ1n) is 10.6. The van der Waals surface area contributed by atoms with Crippen molar-refractivity contribution in [2.75, 3.05) is 0 Å². The van der Waals surface area contributed by atoms with Gasteiger partial charge >= 0.3 is 14.4 Å². The van der Waals surface area contributed by atoms with Crippen LogP contribution in [-0.4, -0.2) is 14.4 Å². The molecule has 2 nitrogen and oxygen atoms in total. The zero-order chi connectivity index (χ0) is 17.2. The van der Waals surface area contributed by atoms with Gasteiger partial charge in [-0.3, -0.25) is 0 Å². The number of hydrogen-bond acceptors (Lipinski definition) is 2. The van der Waals surface area contributed by atoms with E-state index in [9.17, 15) is 4.91 Å². The van der Waals surface area contributed by atoms with Crippen LogP contribution in [0.2, 0.25) is 9.06 Å². The van der Waals surface area contributed by atoms with E-state index in [4.69, 9.17) is 0 Å². The number of rotatable bonds is 4. The van der Waals surface area contributed by atoms with E-state index in [1.165, 1.54) is 44.9 Å². The Balaban J connectivity index is 1.51. The Hall–Kier alpha value is -0.648. The molecule has 6 atom stereocenters. The molecule has 0 radical (unpaired) electrons. The topological polar surface area (TPSA) is 29.4 Å². The van der Waals surface area contributed by atoms with Gasteiger partial charge in [0.2, 0.25) is 0 Å². The lowest BCUT2D eigenvalue weighted by molar-refractivity contribution is 0.0967. The summed E-state index contributed by atoms with van der Waals surface area (Å²) in [4.78, 5) is 11.5. The highest BCUT2D eigenvalue weighted by molar-refractivity contribution is 6.75. The second kappa shape index (κ2) is 5.93. The van der Waals surface area contributed by atoms with Gasteiger partial charge in [0.1, 0.15) is 0 Å². The van der Waals surface area contributed by atoms with Gasteiger partial charge in [0.25, 0.3) is 0 Å². The van der Waals surface area contributed by atoms with Crippen LogP contribution in [0.3, 0.4) is 0 Å². The summed E-state index contributed by atoms with van der Waals surface area (Å²) in [6.45, 7) is 4.73. The standard InChI is InChI=1S/C22H30.Al.NO/c1-15(2)10-11-18-14-17-6-3-4-8-19(17)21-13-12-16-7-5-9-20(16)22(18)21;;1-2/h3-4,6-8,15,18,20-22H,5,9-14H2,1-2H3;;/q;+1;-1. The van der Waals surface area contributed by atoms with Crippen molar-refractivity contribution in [1.82, 2.24) is 0 Å². The molecule has 1 spiro atoms. The molecule has 3 aliphatic carbocycles. The van der Waals surface area contributed by atoms with Crippen LogP contribution >= 0.6 is 0 Å². The van der Waals surface area contributed by atoms with Crippen LogP contribution in [0, 0.1) is 28.6 Å². The maximum Gasteiger partial charge on any atom is 0.517 e. The van der Waals surface area contributed by atoms with Gasteiger partial charge in [-0.25, -0.2) is 4.16 Å². The fraction of sp³-hybridized carbons (Fsp3) is 0.727. The molecule has 1 aromatic rings. The molecule has 0 aromatic heterocycles. The van der Waals surface area contributed by atoms with Crippen molar-refractivity contribution in [2.45, 2.75) is 73.8 Å². The van der Waals surface area contributed by atoms with Crippen molar-refractivity contribution in [3.8, 4) is 0 Å². The lowest BCUT2D eigenvalue weighted by Gasteiger charge is -2.50. The molecule has 5 rings (SSSR count). The van der Waals surface area contributed by atoms with Crippen molar-refractivity contribution >= 4 is 14.4 Å². The molecule has 1 aliphatic heterocycles. The van der Waals surface area contributed by atoms with E-state index in [0.717, 1.165) is 34.4 Å². The molecule has 3 heteroatoms. The summed E-state index contributed by atoms with van der Waals surface area (Å²) in [5.74, 6) is 4.07. The molecule has 0 bridgehead atoms. The van der Waals surface area contributed by atoms with Crippen LogP contribution in [-0.2, 0) is 6.42 Å². The van der Waals surface area contributed by atoms with E-state index in [1.807, 2.05) is 0 Å². The lowest BCUT2D eigenvalue weighted by atomic mass is 9.56. The maximum absolute atomic E-state index is 11.5. The Kier molecular flexibility index (Phi) is 3.92. The summed E-state index contributed by atoms with van der Waals surface area (Å²) in [7, 11) is 0. The Morgan fingerprint density at radius 1 is 1.24 bits per heavy atom. The molecule has 0 N–H and O–H groups in total. The van der Waals surface area contributed by atoms with Gasteiger partial charge in [-0.1, -0.05) is 68.6 Å². The van der Waals surface area contributed by atoms with Crippen molar-refractivity contribution in [1.29, 1.82) is 0 Å². The zero-order valence-corrected chi connectivity index (χ0v) is 16.8. The normalized spacial score (nSPS) is 40.9. The van der Waals surface area contributed by atoms with Gasteiger partial charge in [-0.15, -0.1) is 0 Å². The highest BCUT2D eigenvalue weighted by atomic mass is 27.2. The van der Waals surface area contributed by atoms with E-state index in [1.54, 1.807) is 11.1 Å². The fourth-order valence-corrected chi connectivity index (χ4v) is 11.6. The van der Waals surface area contributed by atoms with Crippen LogP contribution in [0.5, 0.6) is 0 Å². The summed E-state index contributed by atoms with van der Waals surface area (Å²) in [5.41, 5.74) is 3.28. The molecule has 4 aliphatic rings. The molecular weight excluding hydrogens is 321 g/mol. The summed E-state index contributed by atoms with van der Waals surface area (Å²) in [6, 6.07) is 9.27. The van der Waals surface area contributed by atoms with E-state index >= 15 is 0 Å². The van der Waals surface area contributed by atoms with Gasteiger partial charge in [0.15, 0.2) is 0 Å². The Labute approximate surface area is 156 Å². The number of hydrogen-bond donors (Lipinski definition) is 0. The summed E-state index contributed by atoms with van der Waals surface area (Å²) in [5, 5.41) is 0. The highest BCUT2D eigenvalue weighted by Gasteiger charge is 2.80. The molecule has 6 unspecified atom stereocenters. The minimum absolute atomic E-state index is 0.464.